The van der Waals surface area contributed by atoms with Crippen molar-refractivity contribution >= 4 is 25.8 Å². The largest absolute Gasteiger partial charge is 0.377 e. The van der Waals surface area contributed by atoms with Crippen molar-refractivity contribution in [3.63, 3.8) is 0 Å². The molecule has 2 rings (SSSR count). The van der Waals surface area contributed by atoms with Crippen LogP contribution in [0.2, 0.25) is 0 Å². The van der Waals surface area contributed by atoms with Gasteiger partial charge in [0.2, 0.25) is 0 Å². The minimum atomic E-state index is -3.41. The molecule has 1 aromatic carbocycles. The van der Waals surface area contributed by atoms with Crippen molar-refractivity contribution in [2.24, 2.45) is 0 Å². The van der Waals surface area contributed by atoms with Gasteiger partial charge in [-0.25, -0.2) is 12.8 Å². The van der Waals surface area contributed by atoms with Gasteiger partial charge >= 0.3 is 0 Å². The maximum atomic E-state index is 12.9. The van der Waals surface area contributed by atoms with Gasteiger partial charge < -0.3 is 4.74 Å². The Labute approximate surface area is 108 Å². The van der Waals surface area contributed by atoms with Gasteiger partial charge in [-0.05, 0) is 47.0 Å². The fourth-order valence-electron chi connectivity index (χ4n) is 1.40. The van der Waals surface area contributed by atoms with Crippen molar-refractivity contribution in [2.45, 2.75) is 23.8 Å². The lowest BCUT2D eigenvalue weighted by Gasteiger charge is -2.07. The summed E-state index contributed by atoms with van der Waals surface area (Å²) in [6.45, 7) is 0.191. The molecule has 1 fully saturated rings. The highest BCUT2D eigenvalue weighted by atomic mass is 79.9. The Hall–Kier alpha value is -0.460. The van der Waals surface area contributed by atoms with E-state index in [-0.39, 0.29) is 27.8 Å². The molecular formula is C11H12BrFO3S. The molecule has 0 amide bonds. The van der Waals surface area contributed by atoms with Crippen LogP contribution >= 0.6 is 15.9 Å². The van der Waals surface area contributed by atoms with Crippen molar-refractivity contribution in [3.8, 4) is 0 Å². The SMILES string of the molecule is O=S(=O)(CCOC1CC1)c1ccc(F)cc1Br. The summed E-state index contributed by atoms with van der Waals surface area (Å²) in [6, 6.07) is 3.56. The number of ether oxygens (including phenoxy) is 1. The zero-order valence-electron chi connectivity index (χ0n) is 9.03. The molecule has 0 aromatic heterocycles. The molecule has 6 heteroatoms. The number of hydrogen-bond acceptors (Lipinski definition) is 3. The Morgan fingerprint density at radius 1 is 1.41 bits per heavy atom. The molecule has 0 bridgehead atoms. The van der Waals surface area contributed by atoms with Gasteiger partial charge in [-0.3, -0.25) is 0 Å². The maximum absolute atomic E-state index is 12.9. The van der Waals surface area contributed by atoms with Gasteiger partial charge in [-0.15, -0.1) is 0 Å². The van der Waals surface area contributed by atoms with E-state index in [4.69, 9.17) is 4.74 Å². The molecule has 0 aliphatic heterocycles. The van der Waals surface area contributed by atoms with Crippen LogP contribution in [0, 0.1) is 5.82 Å². The van der Waals surface area contributed by atoms with E-state index < -0.39 is 15.7 Å². The van der Waals surface area contributed by atoms with Gasteiger partial charge in [0.25, 0.3) is 0 Å². The Morgan fingerprint density at radius 2 is 2.12 bits per heavy atom. The highest BCUT2D eigenvalue weighted by Gasteiger charge is 2.24. The predicted octanol–water partition coefficient (Wildman–Crippen LogP) is 2.54. The molecule has 94 valence electrons. The molecule has 0 radical (unpaired) electrons. The monoisotopic (exact) mass is 322 g/mol. The van der Waals surface area contributed by atoms with E-state index >= 15 is 0 Å². The number of rotatable bonds is 5. The summed E-state index contributed by atoms with van der Waals surface area (Å²) in [5.74, 6) is -0.543. The third kappa shape index (κ3) is 3.50. The second-order valence-corrected chi connectivity index (χ2v) is 6.90. The highest BCUT2D eigenvalue weighted by molar-refractivity contribution is 9.10. The van der Waals surface area contributed by atoms with Gasteiger partial charge in [-0.2, -0.15) is 0 Å². The molecular weight excluding hydrogens is 311 g/mol. The second kappa shape index (κ2) is 5.04. The molecule has 0 saturated heterocycles. The summed E-state index contributed by atoms with van der Waals surface area (Å²) in [7, 11) is -3.41. The average molecular weight is 323 g/mol. The average Bonchev–Trinajstić information content (AvgIpc) is 3.00. The third-order valence-electron chi connectivity index (χ3n) is 2.46. The van der Waals surface area contributed by atoms with Crippen LogP contribution in [0.15, 0.2) is 27.6 Å². The molecule has 0 atom stereocenters. The lowest BCUT2D eigenvalue weighted by Crippen LogP contribution is -2.13. The summed E-state index contributed by atoms with van der Waals surface area (Å²) in [5, 5.41) is 0. The van der Waals surface area contributed by atoms with Crippen molar-refractivity contribution in [2.75, 3.05) is 12.4 Å². The fraction of sp³-hybridized carbons (Fsp3) is 0.455. The Morgan fingerprint density at radius 3 is 2.71 bits per heavy atom. The second-order valence-electron chi connectivity index (χ2n) is 3.96. The van der Waals surface area contributed by atoms with Crippen LogP contribution in [0.4, 0.5) is 4.39 Å². The van der Waals surface area contributed by atoms with Crippen LogP contribution in [-0.4, -0.2) is 26.9 Å². The first-order chi connectivity index (χ1) is 7.99. The van der Waals surface area contributed by atoms with Gasteiger partial charge in [0.1, 0.15) is 5.82 Å². The van der Waals surface area contributed by atoms with E-state index in [2.05, 4.69) is 15.9 Å². The van der Waals surface area contributed by atoms with Crippen LogP contribution in [0.5, 0.6) is 0 Å². The van der Waals surface area contributed by atoms with E-state index in [1.54, 1.807) is 0 Å². The summed E-state index contributed by atoms with van der Waals surface area (Å²) >= 11 is 3.06. The quantitative estimate of drug-likeness (QED) is 0.782. The Kier molecular flexibility index (Phi) is 3.85. The standard InChI is InChI=1S/C11H12BrFO3S/c12-10-7-8(13)1-4-11(10)17(14,15)6-5-16-9-2-3-9/h1,4,7,9H,2-3,5-6H2. The molecule has 1 aromatic rings. The molecule has 0 N–H and O–H groups in total. The lowest BCUT2D eigenvalue weighted by atomic mass is 10.3. The maximum Gasteiger partial charge on any atom is 0.181 e. The van der Waals surface area contributed by atoms with Crippen molar-refractivity contribution < 1.29 is 17.5 Å². The lowest BCUT2D eigenvalue weighted by molar-refractivity contribution is 0.134. The minimum absolute atomic E-state index is 0.0757. The molecule has 17 heavy (non-hydrogen) atoms. The van der Waals surface area contributed by atoms with E-state index in [1.807, 2.05) is 0 Å². The van der Waals surface area contributed by atoms with Crippen molar-refractivity contribution in [1.29, 1.82) is 0 Å². The number of halogens is 2. The van der Waals surface area contributed by atoms with Gasteiger partial charge in [-0.1, -0.05) is 0 Å². The van der Waals surface area contributed by atoms with Gasteiger partial charge in [0, 0.05) is 4.47 Å². The summed E-state index contributed by atoms with van der Waals surface area (Å²) in [6.07, 6.45) is 2.27. The normalized spacial score (nSPS) is 16.1. The Bertz CT molecular complexity index is 511. The van der Waals surface area contributed by atoms with Crippen LogP contribution in [0.1, 0.15) is 12.8 Å². The molecule has 1 aliphatic carbocycles. The first kappa shape index (κ1) is 13.0. The van der Waals surface area contributed by atoms with E-state index in [0.717, 1.165) is 25.0 Å². The van der Waals surface area contributed by atoms with Crippen LogP contribution in [-0.2, 0) is 14.6 Å². The molecule has 0 spiro atoms. The first-order valence-electron chi connectivity index (χ1n) is 5.28. The molecule has 0 unspecified atom stereocenters. The van der Waals surface area contributed by atoms with E-state index in [9.17, 15) is 12.8 Å². The molecule has 0 heterocycles. The minimum Gasteiger partial charge on any atom is -0.377 e. The summed E-state index contributed by atoms with van der Waals surface area (Å²) in [5.41, 5.74) is 0. The third-order valence-corrected chi connectivity index (χ3v) is 5.11. The van der Waals surface area contributed by atoms with Crippen molar-refractivity contribution in [3.05, 3.63) is 28.5 Å². The van der Waals surface area contributed by atoms with Crippen molar-refractivity contribution in [1.82, 2.24) is 0 Å². The number of hydrogen-bond donors (Lipinski definition) is 0. The smallest absolute Gasteiger partial charge is 0.181 e. The summed E-state index contributed by atoms with van der Waals surface area (Å²) in [4.78, 5) is 0.110. The predicted molar refractivity (Wildman–Crippen MR) is 65.1 cm³/mol. The molecule has 1 aliphatic rings. The molecule has 3 nitrogen and oxygen atoms in total. The summed E-state index contributed by atoms with van der Waals surface area (Å²) < 4.78 is 42.3. The fourth-order valence-corrected chi connectivity index (χ4v) is 3.65. The number of benzene rings is 1. The van der Waals surface area contributed by atoms with Crippen LogP contribution in [0.25, 0.3) is 0 Å². The van der Waals surface area contributed by atoms with Crippen LogP contribution < -0.4 is 0 Å². The number of sulfone groups is 1. The highest BCUT2D eigenvalue weighted by Crippen LogP contribution is 2.26. The Balaban J connectivity index is 2.07. The zero-order chi connectivity index (χ0) is 12.5. The zero-order valence-corrected chi connectivity index (χ0v) is 11.4. The van der Waals surface area contributed by atoms with E-state index in [1.165, 1.54) is 6.07 Å². The molecule has 1 saturated carbocycles. The van der Waals surface area contributed by atoms with E-state index in [0.29, 0.717) is 0 Å². The van der Waals surface area contributed by atoms with Gasteiger partial charge in [0.15, 0.2) is 9.84 Å². The first-order valence-corrected chi connectivity index (χ1v) is 7.73. The topological polar surface area (TPSA) is 43.4 Å². The van der Waals surface area contributed by atoms with Gasteiger partial charge in [0.05, 0.1) is 23.4 Å². The van der Waals surface area contributed by atoms with Crippen LogP contribution in [0.3, 0.4) is 0 Å².